The highest BCUT2D eigenvalue weighted by Gasteiger charge is 2.30. The van der Waals surface area contributed by atoms with Gasteiger partial charge in [-0.3, -0.25) is 9.10 Å². The molecule has 0 heterocycles. The molecule has 37 heavy (non-hydrogen) atoms. The molecule has 0 atom stereocenters. The zero-order chi connectivity index (χ0) is 26.8. The average Bonchev–Trinajstić information content (AvgIpc) is 2.90. The molecule has 0 radical (unpaired) electrons. The van der Waals surface area contributed by atoms with Crippen molar-refractivity contribution in [3.63, 3.8) is 0 Å². The quantitative estimate of drug-likeness (QED) is 0.289. The van der Waals surface area contributed by atoms with Crippen LogP contribution in [0.5, 0.6) is 11.5 Å². The van der Waals surface area contributed by atoms with Crippen molar-refractivity contribution in [1.29, 1.82) is 0 Å². The molecule has 0 bridgehead atoms. The van der Waals surface area contributed by atoms with Gasteiger partial charge in [0.15, 0.2) is 11.5 Å². The number of hydrogen-bond acceptors (Lipinski definition) is 6. The number of carbonyl (C=O) groups is 1. The third-order valence-electron chi connectivity index (χ3n) is 5.32. The van der Waals surface area contributed by atoms with E-state index in [0.717, 1.165) is 27.4 Å². The Balaban J connectivity index is 1.66. The highest BCUT2D eigenvalue weighted by atomic mass is 35.5. The number of rotatable bonds is 13. The third-order valence-corrected chi connectivity index (χ3v) is 8.44. The number of carbonyl (C=O) groups excluding carboxylic acids is 1. The molecule has 1 N–H and O–H groups in total. The summed E-state index contributed by atoms with van der Waals surface area (Å²) in [6.07, 6.45) is 0.687. The number of nitrogens with zero attached hydrogens (tertiary/aromatic N) is 1. The van der Waals surface area contributed by atoms with Gasteiger partial charge in [0.2, 0.25) is 5.91 Å². The lowest BCUT2D eigenvalue weighted by Gasteiger charge is -2.25. The van der Waals surface area contributed by atoms with Gasteiger partial charge in [-0.2, -0.15) is 11.8 Å². The molecule has 0 saturated carbocycles. The van der Waals surface area contributed by atoms with E-state index in [1.807, 2.05) is 24.3 Å². The summed E-state index contributed by atoms with van der Waals surface area (Å²) in [5.41, 5.74) is 0.922. The largest absolute Gasteiger partial charge is 0.493 e. The number of halogens is 2. The Hall–Kier alpha value is -2.95. The summed E-state index contributed by atoms with van der Waals surface area (Å²) in [5, 5.41) is 3.42. The normalized spacial score (nSPS) is 11.1. The molecule has 7 nitrogen and oxygen atoms in total. The number of ether oxygens (including phenoxy) is 2. The number of methoxy groups -OCH3 is 2. The minimum atomic E-state index is -4.32. The minimum Gasteiger partial charge on any atom is -0.493 e. The first kappa shape index (κ1) is 28.6. The van der Waals surface area contributed by atoms with E-state index in [9.17, 15) is 17.6 Å². The van der Waals surface area contributed by atoms with Gasteiger partial charge in [0.1, 0.15) is 12.4 Å². The van der Waals surface area contributed by atoms with Gasteiger partial charge in [-0.25, -0.2) is 12.8 Å². The van der Waals surface area contributed by atoms with Crippen LogP contribution in [0.25, 0.3) is 0 Å². The molecule has 1 amide bonds. The zero-order valence-electron chi connectivity index (χ0n) is 20.4. The lowest BCUT2D eigenvalue weighted by Crippen LogP contribution is -2.41. The van der Waals surface area contributed by atoms with Crippen LogP contribution in [0.15, 0.2) is 71.6 Å². The van der Waals surface area contributed by atoms with Crippen molar-refractivity contribution in [2.24, 2.45) is 0 Å². The van der Waals surface area contributed by atoms with E-state index < -0.39 is 28.3 Å². The molecule has 198 valence electrons. The molecular formula is C26H28ClFN2O5S2. The second kappa shape index (κ2) is 13.6. The van der Waals surface area contributed by atoms with Gasteiger partial charge in [0.05, 0.1) is 24.8 Å². The molecule has 11 heteroatoms. The van der Waals surface area contributed by atoms with E-state index in [1.54, 1.807) is 11.8 Å². The Labute approximate surface area is 226 Å². The van der Waals surface area contributed by atoms with Crippen LogP contribution in [0.3, 0.4) is 0 Å². The SMILES string of the molecule is COc1ccc(S(=O)(=O)N(CC(=O)NCCCSCc2ccc(Cl)cc2)c2ccccc2F)cc1OC. The standard InChI is InChI=1S/C26H28ClFN2O5S2/c1-34-24-13-12-21(16-25(24)35-2)37(32,33)30(23-7-4-3-6-22(23)28)17-26(31)29-14-5-15-36-18-19-8-10-20(27)11-9-19/h3-4,6-13,16H,5,14-15,17-18H2,1-2H3,(H,29,31). The third kappa shape index (κ3) is 7.77. The predicted molar refractivity (Wildman–Crippen MR) is 146 cm³/mol. The smallest absolute Gasteiger partial charge is 0.265 e. The van der Waals surface area contributed by atoms with E-state index in [-0.39, 0.29) is 16.3 Å². The highest BCUT2D eigenvalue weighted by Crippen LogP contribution is 2.32. The van der Waals surface area contributed by atoms with E-state index in [1.165, 1.54) is 50.6 Å². The predicted octanol–water partition coefficient (Wildman–Crippen LogP) is 5.13. The van der Waals surface area contributed by atoms with Crippen molar-refractivity contribution in [2.75, 3.05) is 37.4 Å². The van der Waals surface area contributed by atoms with Gasteiger partial charge in [-0.1, -0.05) is 35.9 Å². The molecule has 0 aliphatic carbocycles. The van der Waals surface area contributed by atoms with Crippen LogP contribution in [0.2, 0.25) is 5.02 Å². The zero-order valence-corrected chi connectivity index (χ0v) is 22.8. The van der Waals surface area contributed by atoms with Crippen molar-refractivity contribution in [3.05, 3.63) is 83.1 Å². The van der Waals surface area contributed by atoms with Crippen LogP contribution < -0.4 is 19.1 Å². The molecule has 0 aliphatic rings. The topological polar surface area (TPSA) is 84.9 Å². The molecule has 0 aromatic heterocycles. The van der Waals surface area contributed by atoms with Crippen LogP contribution in [0.1, 0.15) is 12.0 Å². The summed E-state index contributed by atoms with van der Waals surface area (Å²) >= 11 is 7.61. The van der Waals surface area contributed by atoms with Crippen molar-refractivity contribution in [2.45, 2.75) is 17.1 Å². The maximum atomic E-state index is 14.7. The van der Waals surface area contributed by atoms with Crippen LogP contribution in [-0.2, 0) is 20.6 Å². The molecule has 0 fully saturated rings. The molecular weight excluding hydrogens is 539 g/mol. The minimum absolute atomic E-state index is 0.167. The lowest BCUT2D eigenvalue weighted by molar-refractivity contribution is -0.119. The number of para-hydroxylation sites is 1. The van der Waals surface area contributed by atoms with Gasteiger partial charge >= 0.3 is 0 Å². The Kier molecular flexibility index (Phi) is 10.5. The van der Waals surface area contributed by atoms with E-state index in [4.69, 9.17) is 21.1 Å². The van der Waals surface area contributed by atoms with Crippen molar-refractivity contribution in [3.8, 4) is 11.5 Å². The molecule has 3 rings (SSSR count). The lowest BCUT2D eigenvalue weighted by atomic mass is 10.2. The number of hydrogen-bond donors (Lipinski definition) is 1. The monoisotopic (exact) mass is 566 g/mol. The summed E-state index contributed by atoms with van der Waals surface area (Å²) in [5.74, 6) is 0.829. The van der Waals surface area contributed by atoms with Crippen molar-refractivity contribution < 1.29 is 27.1 Å². The number of nitrogens with one attached hydrogen (secondary N) is 1. The number of anilines is 1. The summed E-state index contributed by atoms with van der Waals surface area (Å²) < 4.78 is 52.9. The first-order chi connectivity index (χ1) is 17.8. The van der Waals surface area contributed by atoms with Gasteiger partial charge in [0, 0.05) is 23.4 Å². The van der Waals surface area contributed by atoms with Crippen LogP contribution in [0, 0.1) is 5.82 Å². The Morgan fingerprint density at radius 1 is 1.03 bits per heavy atom. The Bertz CT molecular complexity index is 1310. The maximum Gasteiger partial charge on any atom is 0.265 e. The molecule has 3 aromatic rings. The summed E-state index contributed by atoms with van der Waals surface area (Å²) in [6.45, 7) is -0.233. The number of sulfonamides is 1. The second-order valence-corrected chi connectivity index (χ2v) is 11.3. The fourth-order valence-electron chi connectivity index (χ4n) is 3.42. The second-order valence-electron chi connectivity index (χ2n) is 7.86. The van der Waals surface area contributed by atoms with Crippen LogP contribution in [0.4, 0.5) is 10.1 Å². The molecule has 0 aliphatic heterocycles. The van der Waals surface area contributed by atoms with Gasteiger partial charge in [-0.05, 0) is 54.1 Å². The van der Waals surface area contributed by atoms with Gasteiger partial charge in [0.25, 0.3) is 10.0 Å². The fourth-order valence-corrected chi connectivity index (χ4v) is 5.91. The summed E-state index contributed by atoms with van der Waals surface area (Å²) in [6, 6.07) is 17.1. The molecule has 0 unspecified atom stereocenters. The highest BCUT2D eigenvalue weighted by molar-refractivity contribution is 7.98. The summed E-state index contributed by atoms with van der Waals surface area (Å²) in [4.78, 5) is 12.6. The van der Waals surface area contributed by atoms with Crippen molar-refractivity contribution >= 4 is 45.0 Å². The summed E-state index contributed by atoms with van der Waals surface area (Å²) in [7, 11) is -1.51. The van der Waals surface area contributed by atoms with E-state index in [0.29, 0.717) is 23.7 Å². The van der Waals surface area contributed by atoms with Crippen LogP contribution >= 0.6 is 23.4 Å². The maximum absolute atomic E-state index is 14.7. The molecule has 0 saturated heterocycles. The number of thioether (sulfide) groups is 1. The van der Waals surface area contributed by atoms with E-state index in [2.05, 4.69) is 5.32 Å². The average molecular weight is 567 g/mol. The number of amides is 1. The van der Waals surface area contributed by atoms with Gasteiger partial charge in [-0.15, -0.1) is 0 Å². The first-order valence-corrected chi connectivity index (χ1v) is 14.3. The molecule has 0 spiro atoms. The van der Waals surface area contributed by atoms with Crippen LogP contribution in [-0.4, -0.2) is 47.4 Å². The number of benzene rings is 3. The van der Waals surface area contributed by atoms with Gasteiger partial charge < -0.3 is 14.8 Å². The first-order valence-electron chi connectivity index (χ1n) is 11.3. The van der Waals surface area contributed by atoms with Crippen molar-refractivity contribution in [1.82, 2.24) is 5.32 Å². The molecule has 3 aromatic carbocycles. The fraction of sp³-hybridized carbons (Fsp3) is 0.269. The van der Waals surface area contributed by atoms with E-state index >= 15 is 0 Å². The Morgan fingerprint density at radius 2 is 1.73 bits per heavy atom. The Morgan fingerprint density at radius 3 is 2.41 bits per heavy atom.